The van der Waals surface area contributed by atoms with Crippen molar-refractivity contribution in [3.8, 4) is 0 Å². The molecule has 2 aromatic heterocycles. The minimum absolute atomic E-state index is 0.227. The Bertz CT molecular complexity index is 839. The van der Waals surface area contributed by atoms with Crippen LogP contribution < -0.4 is 5.32 Å². The maximum atomic E-state index is 12.2. The fourth-order valence-electron chi connectivity index (χ4n) is 2.20. The molecule has 5 heteroatoms. The first-order valence-electron chi connectivity index (χ1n) is 6.57. The number of amides is 1. The van der Waals surface area contributed by atoms with Crippen molar-refractivity contribution in [2.24, 2.45) is 0 Å². The highest BCUT2D eigenvalue weighted by Gasteiger charge is 2.11. The highest BCUT2D eigenvalue weighted by atomic mass is 35.5. The molecule has 4 nitrogen and oxygen atoms in total. The van der Waals surface area contributed by atoms with Gasteiger partial charge in [-0.25, -0.2) is 4.98 Å². The van der Waals surface area contributed by atoms with E-state index in [0.29, 0.717) is 16.3 Å². The number of pyridine rings is 1. The predicted octanol–water partition coefficient (Wildman–Crippen LogP) is 3.86. The Balaban J connectivity index is 1.93. The Morgan fingerprint density at radius 3 is 2.71 bits per heavy atom. The summed E-state index contributed by atoms with van der Waals surface area (Å²) in [6, 6.07) is 10.7. The second-order valence-corrected chi connectivity index (χ2v) is 5.27. The van der Waals surface area contributed by atoms with E-state index in [1.807, 2.05) is 36.6 Å². The molecule has 2 heterocycles. The van der Waals surface area contributed by atoms with Gasteiger partial charge in [0.05, 0.1) is 22.0 Å². The van der Waals surface area contributed by atoms with Crippen molar-refractivity contribution in [1.82, 2.24) is 9.38 Å². The number of carbonyl (C=O) groups excluding carboxylic acids is 1. The predicted molar refractivity (Wildman–Crippen MR) is 84.1 cm³/mol. The number of imidazole rings is 1. The van der Waals surface area contributed by atoms with Gasteiger partial charge in [-0.3, -0.25) is 4.79 Å². The van der Waals surface area contributed by atoms with Crippen molar-refractivity contribution >= 4 is 28.8 Å². The Morgan fingerprint density at radius 2 is 1.95 bits per heavy atom. The number of fused-ring (bicyclic) bond motifs is 1. The normalized spacial score (nSPS) is 10.8. The first-order chi connectivity index (χ1) is 10.1. The van der Waals surface area contributed by atoms with Crippen LogP contribution in [0.3, 0.4) is 0 Å². The molecule has 3 aromatic rings. The third kappa shape index (κ3) is 2.50. The molecule has 0 fully saturated rings. The third-order valence-corrected chi connectivity index (χ3v) is 3.80. The summed E-state index contributed by atoms with van der Waals surface area (Å²) in [6.07, 6.45) is 1.86. The summed E-state index contributed by atoms with van der Waals surface area (Å²) in [7, 11) is 0. The molecule has 1 aromatic carbocycles. The Hall–Kier alpha value is -2.33. The maximum Gasteiger partial charge on any atom is 0.257 e. The van der Waals surface area contributed by atoms with Gasteiger partial charge < -0.3 is 9.72 Å². The smallest absolute Gasteiger partial charge is 0.257 e. The van der Waals surface area contributed by atoms with Crippen LogP contribution in [0.1, 0.15) is 21.7 Å². The van der Waals surface area contributed by atoms with Crippen molar-refractivity contribution in [2.75, 3.05) is 5.32 Å². The van der Waals surface area contributed by atoms with Crippen molar-refractivity contribution in [3.63, 3.8) is 0 Å². The number of hydrogen-bond acceptors (Lipinski definition) is 2. The van der Waals surface area contributed by atoms with Gasteiger partial charge in [0.1, 0.15) is 5.65 Å². The van der Waals surface area contributed by atoms with Gasteiger partial charge in [0.25, 0.3) is 5.91 Å². The number of carbonyl (C=O) groups is 1. The summed E-state index contributed by atoms with van der Waals surface area (Å²) in [4.78, 5) is 16.7. The number of nitrogens with zero attached hydrogens (tertiary/aromatic N) is 2. The Labute approximate surface area is 127 Å². The molecule has 0 saturated carbocycles. The van der Waals surface area contributed by atoms with E-state index in [1.54, 1.807) is 24.3 Å². The summed E-state index contributed by atoms with van der Waals surface area (Å²) in [5, 5.41) is 3.29. The lowest BCUT2D eigenvalue weighted by atomic mass is 10.2. The van der Waals surface area contributed by atoms with E-state index >= 15 is 0 Å². The van der Waals surface area contributed by atoms with Gasteiger partial charge in [0, 0.05) is 11.9 Å². The van der Waals surface area contributed by atoms with E-state index in [1.165, 1.54) is 0 Å². The van der Waals surface area contributed by atoms with Crippen molar-refractivity contribution < 1.29 is 4.79 Å². The van der Waals surface area contributed by atoms with Gasteiger partial charge in [-0.2, -0.15) is 0 Å². The molecule has 0 radical (unpaired) electrons. The Kier molecular flexibility index (Phi) is 3.39. The molecule has 0 bridgehead atoms. The lowest BCUT2D eigenvalue weighted by molar-refractivity contribution is 0.102. The average Bonchev–Trinajstić information content (AvgIpc) is 2.75. The van der Waals surface area contributed by atoms with E-state index in [4.69, 9.17) is 11.6 Å². The Morgan fingerprint density at radius 1 is 1.19 bits per heavy atom. The van der Waals surface area contributed by atoms with Crippen LogP contribution in [-0.2, 0) is 0 Å². The van der Waals surface area contributed by atoms with Crippen LogP contribution >= 0.6 is 11.6 Å². The molecule has 1 amide bonds. The van der Waals surface area contributed by atoms with Crippen molar-refractivity contribution in [2.45, 2.75) is 13.8 Å². The molecule has 0 aliphatic rings. The fraction of sp³-hybridized carbons (Fsp3) is 0.125. The monoisotopic (exact) mass is 299 g/mol. The van der Waals surface area contributed by atoms with Gasteiger partial charge in [-0.1, -0.05) is 23.7 Å². The van der Waals surface area contributed by atoms with Crippen molar-refractivity contribution in [3.05, 3.63) is 64.6 Å². The number of hydrogen-bond donors (Lipinski definition) is 1. The minimum atomic E-state index is -0.227. The van der Waals surface area contributed by atoms with Gasteiger partial charge >= 0.3 is 0 Å². The molecular weight excluding hydrogens is 286 g/mol. The number of anilines is 1. The van der Waals surface area contributed by atoms with Crippen LogP contribution in [0.25, 0.3) is 5.65 Å². The topological polar surface area (TPSA) is 46.4 Å². The number of aryl methyl sites for hydroxylation is 2. The maximum absolute atomic E-state index is 12.2. The highest BCUT2D eigenvalue weighted by Crippen LogP contribution is 2.19. The molecule has 0 saturated heterocycles. The number of benzene rings is 1. The second-order valence-electron chi connectivity index (χ2n) is 4.86. The third-order valence-electron chi connectivity index (χ3n) is 3.47. The lowest BCUT2D eigenvalue weighted by Crippen LogP contribution is -2.12. The van der Waals surface area contributed by atoms with Gasteiger partial charge in [0.15, 0.2) is 0 Å². The van der Waals surface area contributed by atoms with E-state index in [2.05, 4.69) is 10.3 Å². The summed E-state index contributed by atoms with van der Waals surface area (Å²) >= 11 is 6.03. The summed E-state index contributed by atoms with van der Waals surface area (Å²) in [5.41, 5.74) is 4.05. The minimum Gasteiger partial charge on any atom is -0.321 e. The van der Waals surface area contributed by atoms with Crippen LogP contribution in [0.4, 0.5) is 5.69 Å². The molecule has 0 unspecified atom stereocenters. The van der Waals surface area contributed by atoms with Crippen LogP contribution in [0.5, 0.6) is 0 Å². The largest absolute Gasteiger partial charge is 0.321 e. The van der Waals surface area contributed by atoms with Crippen LogP contribution in [-0.4, -0.2) is 15.3 Å². The highest BCUT2D eigenvalue weighted by molar-refractivity contribution is 6.34. The second kappa shape index (κ2) is 5.22. The molecular formula is C16H14ClN3O. The molecule has 0 spiro atoms. The molecule has 1 N–H and O–H groups in total. The van der Waals surface area contributed by atoms with Gasteiger partial charge in [-0.05, 0) is 38.1 Å². The van der Waals surface area contributed by atoms with Gasteiger partial charge in [0.2, 0.25) is 0 Å². The van der Waals surface area contributed by atoms with Crippen LogP contribution in [0.15, 0.2) is 42.6 Å². The van der Waals surface area contributed by atoms with Crippen LogP contribution in [0, 0.1) is 13.8 Å². The molecule has 0 atom stereocenters. The van der Waals surface area contributed by atoms with E-state index in [9.17, 15) is 4.79 Å². The molecule has 106 valence electrons. The average molecular weight is 300 g/mol. The number of halogens is 1. The quantitative estimate of drug-likeness (QED) is 0.781. The number of rotatable bonds is 2. The van der Waals surface area contributed by atoms with Gasteiger partial charge in [-0.15, -0.1) is 0 Å². The molecule has 0 aliphatic heterocycles. The molecule has 21 heavy (non-hydrogen) atoms. The number of nitrogens with one attached hydrogen (secondary N) is 1. The molecule has 0 aliphatic carbocycles. The van der Waals surface area contributed by atoms with E-state index < -0.39 is 0 Å². The zero-order valence-corrected chi connectivity index (χ0v) is 12.5. The summed E-state index contributed by atoms with van der Waals surface area (Å²) in [6.45, 7) is 3.96. The van der Waals surface area contributed by atoms with Crippen LogP contribution in [0.2, 0.25) is 5.02 Å². The first-order valence-corrected chi connectivity index (χ1v) is 6.95. The van der Waals surface area contributed by atoms with E-state index in [0.717, 1.165) is 17.0 Å². The zero-order valence-electron chi connectivity index (χ0n) is 11.7. The zero-order chi connectivity index (χ0) is 15.0. The van der Waals surface area contributed by atoms with Crippen molar-refractivity contribution in [1.29, 1.82) is 0 Å². The van der Waals surface area contributed by atoms with E-state index in [-0.39, 0.29) is 5.91 Å². The SMILES string of the molecule is Cc1nc2ccc(NC(=O)c3ccccc3Cl)cn2c1C. The standard InChI is InChI=1S/C16H14ClN3O/c1-10-11(2)20-9-12(7-8-15(20)18-10)19-16(21)13-5-3-4-6-14(13)17/h3-9H,1-2H3,(H,19,21). The summed E-state index contributed by atoms with van der Waals surface area (Å²) < 4.78 is 1.96. The fourth-order valence-corrected chi connectivity index (χ4v) is 2.42. The number of aromatic nitrogens is 2. The summed E-state index contributed by atoms with van der Waals surface area (Å²) in [5.74, 6) is -0.227. The molecule has 3 rings (SSSR count). The first kappa shape index (κ1) is 13.6. The lowest BCUT2D eigenvalue weighted by Gasteiger charge is -2.07.